The van der Waals surface area contributed by atoms with Gasteiger partial charge >= 0.3 is 24.0 Å². The van der Waals surface area contributed by atoms with Gasteiger partial charge in [-0.3, -0.25) is 0 Å². The molecule has 0 unspecified atom stereocenters. The van der Waals surface area contributed by atoms with Crippen LogP contribution in [0.15, 0.2) is 72.8 Å². The first-order chi connectivity index (χ1) is 18.1. The van der Waals surface area contributed by atoms with Gasteiger partial charge in [0.15, 0.2) is 0 Å². The van der Waals surface area contributed by atoms with Crippen LogP contribution in [0.25, 0.3) is 0 Å². The predicted molar refractivity (Wildman–Crippen MR) is 146 cm³/mol. The second-order valence-corrected chi connectivity index (χ2v) is 9.22. The van der Waals surface area contributed by atoms with Gasteiger partial charge in [-0.15, -0.1) is 0 Å². The van der Waals surface area contributed by atoms with Crippen molar-refractivity contribution in [2.45, 2.75) is 39.8 Å². The lowest BCUT2D eigenvalue weighted by atomic mass is 10.1. The molecule has 0 aliphatic heterocycles. The molecule has 0 spiro atoms. The molecule has 10 heteroatoms. The van der Waals surface area contributed by atoms with E-state index in [2.05, 4.69) is 21.3 Å². The molecule has 0 fully saturated rings. The molecule has 2 atom stereocenters. The van der Waals surface area contributed by atoms with Crippen LogP contribution in [0, 0.1) is 11.8 Å². The zero-order valence-corrected chi connectivity index (χ0v) is 22.1. The molecule has 4 N–H and O–H groups in total. The number of esters is 2. The Bertz CT molecular complexity index is 988. The molecular formula is C28H36N4O6. The average Bonchev–Trinajstić information content (AvgIpc) is 2.88. The van der Waals surface area contributed by atoms with Crippen LogP contribution in [0.1, 0.15) is 27.7 Å². The molecular weight excluding hydrogens is 488 g/mol. The predicted octanol–water partition coefficient (Wildman–Crippen LogP) is 4.32. The number of ether oxygens (including phenoxy) is 2. The summed E-state index contributed by atoms with van der Waals surface area (Å²) in [5, 5.41) is 11.0. The molecule has 2 aromatic rings. The van der Waals surface area contributed by atoms with Gasteiger partial charge in [0.1, 0.15) is 13.2 Å². The van der Waals surface area contributed by atoms with Crippen LogP contribution in [0.4, 0.5) is 21.0 Å². The highest BCUT2D eigenvalue weighted by molar-refractivity contribution is 5.92. The van der Waals surface area contributed by atoms with E-state index in [0.717, 1.165) is 12.2 Å². The van der Waals surface area contributed by atoms with Crippen LogP contribution in [0.3, 0.4) is 0 Å². The normalized spacial score (nSPS) is 12.5. The van der Waals surface area contributed by atoms with Crippen LogP contribution in [-0.2, 0) is 19.1 Å². The lowest BCUT2D eigenvalue weighted by molar-refractivity contribution is -0.141. The minimum atomic E-state index is -0.751. The Hall–Kier alpha value is -4.34. The third kappa shape index (κ3) is 11.6. The van der Waals surface area contributed by atoms with Crippen molar-refractivity contribution in [3.63, 3.8) is 0 Å². The van der Waals surface area contributed by atoms with E-state index in [4.69, 9.17) is 9.47 Å². The van der Waals surface area contributed by atoms with Crippen molar-refractivity contribution in [1.82, 2.24) is 10.6 Å². The standard InChI is InChI=1S/C28H36N4O6/c1-19(2)23(31-27(35)29-21-11-7-5-8-12-21)17-37-25(33)15-16-26(34)38-18-24(20(3)4)32-28(36)30-22-13-9-6-10-14-22/h5-16,19-20,23-24H,17-18H2,1-4H3,(H2,29,31,35)(H2,30,32,36)/b16-15+/t23-,24-/m0/s1. The zero-order valence-electron chi connectivity index (χ0n) is 22.1. The van der Waals surface area contributed by atoms with E-state index < -0.39 is 36.1 Å². The molecule has 0 radical (unpaired) electrons. The lowest BCUT2D eigenvalue weighted by Crippen LogP contribution is -2.44. The summed E-state index contributed by atoms with van der Waals surface area (Å²) in [6.07, 6.45) is 1.92. The van der Waals surface area contributed by atoms with E-state index in [0.29, 0.717) is 11.4 Å². The summed E-state index contributed by atoms with van der Waals surface area (Å²) in [6.45, 7) is 7.38. The molecule has 204 valence electrons. The maximum Gasteiger partial charge on any atom is 0.331 e. The van der Waals surface area contributed by atoms with E-state index in [-0.39, 0.29) is 25.0 Å². The second-order valence-electron chi connectivity index (χ2n) is 9.22. The quantitative estimate of drug-likeness (QED) is 0.241. The summed E-state index contributed by atoms with van der Waals surface area (Å²) in [5.41, 5.74) is 1.27. The van der Waals surface area contributed by atoms with Gasteiger partial charge in [-0.1, -0.05) is 64.1 Å². The molecule has 0 aliphatic rings. The third-order valence-corrected chi connectivity index (χ3v) is 5.47. The minimum absolute atomic E-state index is 0.0159. The summed E-state index contributed by atoms with van der Waals surface area (Å²) >= 11 is 0. The highest BCUT2D eigenvalue weighted by Gasteiger charge is 2.19. The van der Waals surface area contributed by atoms with Gasteiger partial charge in [-0.05, 0) is 36.1 Å². The number of urea groups is 2. The molecule has 0 heterocycles. The van der Waals surface area contributed by atoms with Gasteiger partial charge in [0.2, 0.25) is 0 Å². The fraction of sp³-hybridized carbons (Fsp3) is 0.357. The van der Waals surface area contributed by atoms with E-state index in [1.165, 1.54) is 0 Å². The number of rotatable bonds is 12. The van der Waals surface area contributed by atoms with Crippen molar-refractivity contribution in [2.75, 3.05) is 23.8 Å². The number of amides is 4. The second kappa shape index (κ2) is 15.7. The summed E-state index contributed by atoms with van der Waals surface area (Å²) in [6, 6.07) is 16.2. The molecule has 38 heavy (non-hydrogen) atoms. The number of carbonyl (C=O) groups excluding carboxylic acids is 4. The van der Waals surface area contributed by atoms with E-state index in [9.17, 15) is 19.2 Å². The first-order valence-electron chi connectivity index (χ1n) is 12.4. The van der Waals surface area contributed by atoms with Crippen molar-refractivity contribution < 1.29 is 28.7 Å². The van der Waals surface area contributed by atoms with Gasteiger partial charge < -0.3 is 30.7 Å². The van der Waals surface area contributed by atoms with E-state index in [1.807, 2.05) is 39.8 Å². The number of para-hydroxylation sites is 2. The average molecular weight is 525 g/mol. The molecule has 2 aromatic carbocycles. The molecule has 10 nitrogen and oxygen atoms in total. The first kappa shape index (κ1) is 29.9. The van der Waals surface area contributed by atoms with Crippen molar-refractivity contribution in [3.8, 4) is 0 Å². The summed E-state index contributed by atoms with van der Waals surface area (Å²) in [5.74, 6) is -1.53. The first-order valence-corrected chi connectivity index (χ1v) is 12.4. The van der Waals surface area contributed by atoms with Gasteiger partial charge in [0, 0.05) is 23.5 Å². The maximum atomic E-state index is 12.3. The molecule has 0 bridgehead atoms. The highest BCUT2D eigenvalue weighted by atomic mass is 16.5. The third-order valence-electron chi connectivity index (χ3n) is 5.47. The summed E-state index contributed by atoms with van der Waals surface area (Å²) < 4.78 is 10.4. The molecule has 2 rings (SSSR count). The summed E-state index contributed by atoms with van der Waals surface area (Å²) in [7, 11) is 0. The molecule has 0 saturated heterocycles. The molecule has 0 aromatic heterocycles. The summed E-state index contributed by atoms with van der Waals surface area (Å²) in [4.78, 5) is 48.7. The Balaban J connectivity index is 1.76. The van der Waals surface area contributed by atoms with Gasteiger partial charge in [0.25, 0.3) is 0 Å². The number of hydrogen-bond acceptors (Lipinski definition) is 6. The lowest BCUT2D eigenvalue weighted by Gasteiger charge is -2.22. The Morgan fingerprint density at radius 1 is 0.632 bits per heavy atom. The molecule has 0 saturated carbocycles. The smallest absolute Gasteiger partial charge is 0.331 e. The zero-order chi connectivity index (χ0) is 27.9. The minimum Gasteiger partial charge on any atom is -0.460 e. The number of carbonyl (C=O) groups is 4. The van der Waals surface area contributed by atoms with Gasteiger partial charge in [-0.25, -0.2) is 19.2 Å². The Labute approximate surface area is 223 Å². The van der Waals surface area contributed by atoms with Crippen molar-refractivity contribution >= 4 is 35.4 Å². The van der Waals surface area contributed by atoms with Crippen molar-refractivity contribution in [3.05, 3.63) is 72.8 Å². The van der Waals surface area contributed by atoms with Crippen LogP contribution >= 0.6 is 0 Å². The van der Waals surface area contributed by atoms with Crippen molar-refractivity contribution in [1.29, 1.82) is 0 Å². The van der Waals surface area contributed by atoms with Crippen molar-refractivity contribution in [2.24, 2.45) is 11.8 Å². The fourth-order valence-corrected chi connectivity index (χ4v) is 3.09. The largest absolute Gasteiger partial charge is 0.460 e. The Kier molecular flexibility index (Phi) is 12.4. The monoisotopic (exact) mass is 524 g/mol. The Morgan fingerprint density at radius 3 is 1.29 bits per heavy atom. The van der Waals surface area contributed by atoms with Crippen LogP contribution in [0.2, 0.25) is 0 Å². The van der Waals surface area contributed by atoms with E-state index in [1.54, 1.807) is 48.5 Å². The topological polar surface area (TPSA) is 135 Å². The highest BCUT2D eigenvalue weighted by Crippen LogP contribution is 2.08. The van der Waals surface area contributed by atoms with Crippen LogP contribution in [-0.4, -0.2) is 49.3 Å². The number of hydrogen-bond donors (Lipinski definition) is 4. The number of anilines is 2. The maximum absolute atomic E-state index is 12.3. The van der Waals surface area contributed by atoms with Gasteiger partial charge in [-0.2, -0.15) is 0 Å². The van der Waals surface area contributed by atoms with Crippen LogP contribution < -0.4 is 21.3 Å². The molecule has 4 amide bonds. The molecule has 0 aliphatic carbocycles. The number of benzene rings is 2. The SMILES string of the molecule is CC(C)[C@H](COC(=O)/C=C/C(=O)OC[C@H](NC(=O)Nc1ccccc1)C(C)C)NC(=O)Nc1ccccc1. The van der Waals surface area contributed by atoms with Gasteiger partial charge in [0.05, 0.1) is 12.1 Å². The van der Waals surface area contributed by atoms with Crippen LogP contribution in [0.5, 0.6) is 0 Å². The van der Waals surface area contributed by atoms with E-state index >= 15 is 0 Å². The Morgan fingerprint density at radius 2 is 0.974 bits per heavy atom. The fourth-order valence-electron chi connectivity index (χ4n) is 3.09. The number of nitrogens with one attached hydrogen (secondary N) is 4.